The van der Waals surface area contributed by atoms with E-state index in [2.05, 4.69) is 9.97 Å². The molecule has 3 aromatic rings. The highest BCUT2D eigenvalue weighted by Crippen LogP contribution is 2.39. The minimum atomic E-state index is -2.99. The Hall–Kier alpha value is -3.56. The monoisotopic (exact) mass is 514 g/mol. The number of nitrogens with zero attached hydrogens (tertiary/aromatic N) is 4. The maximum atomic E-state index is 15.0. The molecule has 3 heterocycles. The lowest BCUT2D eigenvalue weighted by Gasteiger charge is -2.33. The molecule has 0 N–H and O–H groups in total. The molecule has 0 unspecified atom stereocenters. The Morgan fingerprint density at radius 2 is 1.97 bits per heavy atom. The number of alkyl halides is 2. The highest BCUT2D eigenvalue weighted by molar-refractivity contribution is 5.78. The second-order valence-corrected chi connectivity index (χ2v) is 10.5. The number of fused-ring (bicyclic) bond motifs is 2. The van der Waals surface area contributed by atoms with Crippen molar-refractivity contribution in [2.24, 2.45) is 0 Å². The molecule has 0 fully saturated rings. The molecule has 0 bridgehead atoms. The highest BCUT2D eigenvalue weighted by Gasteiger charge is 2.33. The van der Waals surface area contributed by atoms with Crippen LogP contribution in [0.15, 0.2) is 36.8 Å². The zero-order chi connectivity index (χ0) is 26.5. The van der Waals surface area contributed by atoms with E-state index < -0.39 is 35.6 Å². The van der Waals surface area contributed by atoms with E-state index in [4.69, 9.17) is 9.47 Å². The van der Waals surface area contributed by atoms with E-state index in [0.717, 1.165) is 22.8 Å². The van der Waals surface area contributed by atoms with Gasteiger partial charge in [0.25, 0.3) is 6.43 Å². The molecule has 0 radical (unpaired) electrons. The van der Waals surface area contributed by atoms with Crippen molar-refractivity contribution in [2.45, 2.75) is 71.3 Å². The largest absolute Gasteiger partial charge is 0.486 e. The summed E-state index contributed by atoms with van der Waals surface area (Å²) in [6.45, 7) is 7.38. The third-order valence-electron chi connectivity index (χ3n) is 6.70. The number of carbonyl (C=O) groups excluding carboxylic acids is 1. The van der Waals surface area contributed by atoms with E-state index in [9.17, 15) is 13.6 Å². The van der Waals surface area contributed by atoms with Gasteiger partial charge in [-0.2, -0.15) is 0 Å². The van der Waals surface area contributed by atoms with Crippen LogP contribution in [0.3, 0.4) is 0 Å². The molecular formula is C27H29F3N4O3. The van der Waals surface area contributed by atoms with Gasteiger partial charge in [-0.1, -0.05) is 6.08 Å². The number of allylic oxidation sites excluding steroid dienone is 1. The predicted octanol–water partition coefficient (Wildman–Crippen LogP) is 6.06. The van der Waals surface area contributed by atoms with E-state index in [-0.39, 0.29) is 36.9 Å². The zero-order valence-electron chi connectivity index (χ0n) is 21.2. The van der Waals surface area contributed by atoms with Crippen molar-refractivity contribution in [1.82, 2.24) is 19.4 Å². The summed E-state index contributed by atoms with van der Waals surface area (Å²) in [6, 6.07) is 2.98. The van der Waals surface area contributed by atoms with Gasteiger partial charge in [-0.15, -0.1) is 0 Å². The van der Waals surface area contributed by atoms with Crippen LogP contribution < -0.4 is 4.74 Å². The molecule has 1 aromatic carbocycles. The van der Waals surface area contributed by atoms with Gasteiger partial charge in [-0.05, 0) is 57.9 Å². The van der Waals surface area contributed by atoms with Gasteiger partial charge in [0.1, 0.15) is 35.2 Å². The summed E-state index contributed by atoms with van der Waals surface area (Å²) in [5.74, 6) is -0.777. The van der Waals surface area contributed by atoms with E-state index in [1.807, 2.05) is 35.9 Å². The Bertz CT molecular complexity index is 1380. The third-order valence-corrected chi connectivity index (χ3v) is 6.70. The van der Waals surface area contributed by atoms with Crippen LogP contribution in [0.2, 0.25) is 0 Å². The Morgan fingerprint density at radius 3 is 2.70 bits per heavy atom. The van der Waals surface area contributed by atoms with Crippen LogP contribution in [0.1, 0.15) is 62.0 Å². The van der Waals surface area contributed by atoms with Crippen LogP contribution >= 0.6 is 0 Å². The maximum absolute atomic E-state index is 15.0. The van der Waals surface area contributed by atoms with Crippen LogP contribution in [-0.2, 0) is 17.7 Å². The third kappa shape index (κ3) is 4.89. The SMILES string of the molecule is Cc1ncnc2c1ccn2[C@H]1C=C[C@@H](Oc2cc(C(F)F)c(F)c3c2CN(C(=O)OC(C)(C)C)CC3)C1. The first-order valence-corrected chi connectivity index (χ1v) is 12.2. The number of ether oxygens (including phenoxy) is 2. The maximum Gasteiger partial charge on any atom is 0.410 e. The lowest BCUT2D eigenvalue weighted by Crippen LogP contribution is -2.40. The summed E-state index contributed by atoms with van der Waals surface area (Å²) in [6.07, 6.45) is 3.99. The number of amides is 1. The van der Waals surface area contributed by atoms with Crippen LogP contribution in [0.25, 0.3) is 11.0 Å². The van der Waals surface area contributed by atoms with E-state index in [1.54, 1.807) is 20.8 Å². The molecule has 1 amide bonds. The molecule has 10 heteroatoms. The number of aromatic nitrogens is 3. The number of carbonyl (C=O) groups is 1. The van der Waals surface area contributed by atoms with Crippen molar-refractivity contribution >= 4 is 17.1 Å². The van der Waals surface area contributed by atoms with Crippen LogP contribution in [0.4, 0.5) is 18.0 Å². The Morgan fingerprint density at radius 1 is 1.19 bits per heavy atom. The van der Waals surface area contributed by atoms with E-state index in [0.29, 0.717) is 12.0 Å². The molecule has 0 spiro atoms. The number of hydrogen-bond acceptors (Lipinski definition) is 5. The molecule has 2 aromatic heterocycles. The summed E-state index contributed by atoms with van der Waals surface area (Å²) < 4.78 is 56.1. The number of aryl methyl sites for hydroxylation is 1. The molecule has 1 aliphatic carbocycles. The Kier molecular flexibility index (Phi) is 6.37. The van der Waals surface area contributed by atoms with Crippen LogP contribution in [0, 0.1) is 12.7 Å². The van der Waals surface area contributed by atoms with Gasteiger partial charge in [0.05, 0.1) is 23.8 Å². The molecule has 37 heavy (non-hydrogen) atoms. The first kappa shape index (κ1) is 25.1. The molecule has 0 saturated carbocycles. The Balaban J connectivity index is 1.41. The minimum absolute atomic E-state index is 0.0122. The van der Waals surface area contributed by atoms with Crippen molar-refractivity contribution in [3.63, 3.8) is 0 Å². The molecule has 2 atom stereocenters. The lowest BCUT2D eigenvalue weighted by atomic mass is 9.95. The van der Waals surface area contributed by atoms with E-state index in [1.165, 1.54) is 11.2 Å². The van der Waals surface area contributed by atoms with Gasteiger partial charge >= 0.3 is 6.09 Å². The van der Waals surface area contributed by atoms with Crippen molar-refractivity contribution in [3.8, 4) is 5.75 Å². The molecule has 2 aliphatic rings. The number of halogens is 3. The summed E-state index contributed by atoms with van der Waals surface area (Å²) in [4.78, 5) is 22.8. The topological polar surface area (TPSA) is 69.5 Å². The molecular weight excluding hydrogens is 485 g/mol. The standard InChI is InChI=1S/C27H29F3N4O3/c1-15-18-8-10-34(25(18)32-14-31-15)16-5-6-17(11-16)36-22-12-20(24(29)30)23(28)19-7-9-33(13-21(19)22)26(35)37-27(2,3)4/h5-6,8,10,12,14,16-17,24H,7,9,11,13H2,1-4H3/t16-,17+/m0/s1. The summed E-state index contributed by atoms with van der Waals surface area (Å²) >= 11 is 0. The van der Waals surface area contributed by atoms with E-state index >= 15 is 4.39 Å². The smallest absolute Gasteiger partial charge is 0.410 e. The minimum Gasteiger partial charge on any atom is -0.486 e. The second-order valence-electron chi connectivity index (χ2n) is 10.5. The second kappa shape index (κ2) is 9.39. The van der Waals surface area contributed by atoms with Crippen LogP contribution in [0.5, 0.6) is 5.75 Å². The van der Waals surface area contributed by atoms with Gasteiger partial charge in [0.2, 0.25) is 0 Å². The van der Waals surface area contributed by atoms with Gasteiger partial charge in [-0.3, -0.25) is 0 Å². The van der Waals surface area contributed by atoms with Crippen molar-refractivity contribution in [2.75, 3.05) is 6.54 Å². The van der Waals surface area contributed by atoms with Gasteiger partial charge in [0.15, 0.2) is 0 Å². The zero-order valence-corrected chi connectivity index (χ0v) is 21.2. The summed E-state index contributed by atoms with van der Waals surface area (Å²) in [5, 5.41) is 0.955. The predicted molar refractivity (Wildman–Crippen MR) is 131 cm³/mol. The molecule has 1 aliphatic heterocycles. The number of benzene rings is 1. The Labute approximate surface area is 212 Å². The van der Waals surface area contributed by atoms with Crippen molar-refractivity contribution in [3.05, 3.63) is 65.0 Å². The van der Waals surface area contributed by atoms with Crippen LogP contribution in [-0.4, -0.2) is 43.8 Å². The average Bonchev–Trinajstić information content (AvgIpc) is 3.47. The molecule has 7 nitrogen and oxygen atoms in total. The lowest BCUT2D eigenvalue weighted by molar-refractivity contribution is 0.0219. The number of rotatable bonds is 4. The quantitative estimate of drug-likeness (QED) is 0.396. The summed E-state index contributed by atoms with van der Waals surface area (Å²) in [5.41, 5.74) is 0.847. The fourth-order valence-corrected chi connectivity index (χ4v) is 4.91. The normalized spacial score (nSPS) is 19.5. The summed E-state index contributed by atoms with van der Waals surface area (Å²) in [7, 11) is 0. The average molecular weight is 515 g/mol. The number of hydrogen-bond donors (Lipinski definition) is 0. The first-order chi connectivity index (χ1) is 17.5. The molecule has 196 valence electrons. The fourth-order valence-electron chi connectivity index (χ4n) is 4.91. The van der Waals surface area contributed by atoms with Crippen molar-refractivity contribution < 1.29 is 27.4 Å². The van der Waals surface area contributed by atoms with Gasteiger partial charge < -0.3 is 18.9 Å². The molecule has 5 rings (SSSR count). The first-order valence-electron chi connectivity index (χ1n) is 12.2. The van der Waals surface area contributed by atoms with Crippen molar-refractivity contribution in [1.29, 1.82) is 0 Å². The highest BCUT2D eigenvalue weighted by atomic mass is 19.3. The van der Waals surface area contributed by atoms with Gasteiger partial charge in [0, 0.05) is 30.1 Å². The molecule has 0 saturated heterocycles. The fraction of sp³-hybridized carbons (Fsp3) is 0.444. The van der Waals surface area contributed by atoms with Gasteiger partial charge in [-0.25, -0.2) is 27.9 Å².